The molecule has 0 aliphatic heterocycles. The molecule has 2 bridgehead atoms. The van der Waals surface area contributed by atoms with E-state index in [9.17, 15) is 5.11 Å². The van der Waals surface area contributed by atoms with Gasteiger partial charge in [0.25, 0.3) is 0 Å². The van der Waals surface area contributed by atoms with Crippen molar-refractivity contribution in [2.45, 2.75) is 51.0 Å². The molecule has 0 spiro atoms. The molecule has 2 atom stereocenters. The average Bonchev–Trinajstić information content (AvgIpc) is 3.02. The largest absolute Gasteiger partial charge is 0.382 e. The van der Waals surface area contributed by atoms with Gasteiger partial charge in [-0.3, -0.25) is 0 Å². The molecule has 154 valence electrons. The number of aryl methyl sites for hydroxylation is 2. The zero-order chi connectivity index (χ0) is 20.7. The molecule has 0 amide bonds. The van der Waals surface area contributed by atoms with Crippen LogP contribution in [0.4, 0.5) is 0 Å². The minimum absolute atomic E-state index is 0.367. The van der Waals surface area contributed by atoms with Gasteiger partial charge in [-0.1, -0.05) is 48.5 Å². The van der Waals surface area contributed by atoms with Crippen LogP contribution in [0.25, 0.3) is 0 Å². The van der Waals surface area contributed by atoms with Crippen molar-refractivity contribution in [1.82, 2.24) is 9.97 Å². The lowest BCUT2D eigenvalue weighted by Crippen LogP contribution is -2.41. The number of nitrogens with zero attached hydrogens (tertiary/aromatic N) is 2. The number of rotatable bonds is 4. The van der Waals surface area contributed by atoms with Gasteiger partial charge in [0.05, 0.1) is 0 Å². The third-order valence-electron chi connectivity index (χ3n) is 7.61. The average molecular weight is 399 g/mol. The predicted octanol–water partition coefficient (Wildman–Crippen LogP) is 5.55. The summed E-state index contributed by atoms with van der Waals surface area (Å²) in [5, 5.41) is 11.5. The van der Waals surface area contributed by atoms with Crippen LogP contribution >= 0.6 is 0 Å². The van der Waals surface area contributed by atoms with Gasteiger partial charge in [-0.25, -0.2) is 9.97 Å². The van der Waals surface area contributed by atoms with Crippen LogP contribution in [0.5, 0.6) is 0 Å². The molecule has 1 aromatic heterocycles. The van der Waals surface area contributed by atoms with Crippen LogP contribution in [0.15, 0.2) is 67.0 Å². The maximum absolute atomic E-state index is 11.5. The van der Waals surface area contributed by atoms with Crippen LogP contribution in [0.2, 0.25) is 0 Å². The summed E-state index contributed by atoms with van der Waals surface area (Å²) < 4.78 is 0. The second kappa shape index (κ2) is 7.63. The van der Waals surface area contributed by atoms with Gasteiger partial charge < -0.3 is 5.11 Å². The van der Waals surface area contributed by atoms with Crippen LogP contribution in [-0.4, -0.2) is 15.1 Å². The van der Waals surface area contributed by atoms with Gasteiger partial charge in [0.2, 0.25) is 0 Å². The summed E-state index contributed by atoms with van der Waals surface area (Å²) in [6, 6.07) is 19.5. The Morgan fingerprint density at radius 3 is 1.80 bits per heavy atom. The molecule has 2 aliphatic carbocycles. The Kier molecular flexibility index (Phi) is 4.94. The molecule has 5 rings (SSSR count). The summed E-state index contributed by atoms with van der Waals surface area (Å²) in [6.45, 7) is 4.47. The molecule has 3 heteroatoms. The molecule has 2 fully saturated rings. The fourth-order valence-electron chi connectivity index (χ4n) is 6.35. The minimum atomic E-state index is -0.897. The van der Waals surface area contributed by atoms with Crippen molar-refractivity contribution < 1.29 is 5.11 Å². The third kappa shape index (κ3) is 3.26. The Morgan fingerprint density at radius 1 is 0.800 bits per heavy atom. The fraction of sp³-hybridized carbons (Fsp3) is 0.407. The highest BCUT2D eigenvalue weighted by molar-refractivity contribution is 5.42. The van der Waals surface area contributed by atoms with E-state index in [0.29, 0.717) is 29.5 Å². The zero-order valence-corrected chi connectivity index (χ0v) is 17.8. The standard InChI is InChI=1S/C27H30N2O/c1-18-8-3-5-10-22(18)25(23-11-6-4-9-19(23)2)24-20-12-13-21(24)17-27(30,16-20)26-28-14-7-15-29-26/h3-11,14-15,20-21,24-25,30H,12-13,16-17H2,1-2H3. The van der Waals surface area contributed by atoms with E-state index in [0.717, 1.165) is 12.8 Å². The molecule has 3 nitrogen and oxygen atoms in total. The van der Waals surface area contributed by atoms with E-state index in [1.54, 1.807) is 12.4 Å². The zero-order valence-electron chi connectivity index (χ0n) is 17.8. The number of hydrogen-bond acceptors (Lipinski definition) is 3. The lowest BCUT2D eigenvalue weighted by molar-refractivity contribution is -0.0562. The molecule has 0 saturated heterocycles. The highest BCUT2D eigenvalue weighted by atomic mass is 16.3. The third-order valence-corrected chi connectivity index (χ3v) is 7.61. The molecule has 2 saturated carbocycles. The first-order valence-corrected chi connectivity index (χ1v) is 11.2. The smallest absolute Gasteiger partial charge is 0.159 e. The number of aromatic nitrogens is 2. The molecular weight excluding hydrogens is 368 g/mol. The molecule has 1 heterocycles. The van der Waals surface area contributed by atoms with Gasteiger partial charge in [0.1, 0.15) is 5.60 Å². The summed E-state index contributed by atoms with van der Waals surface area (Å²) in [4.78, 5) is 8.85. The van der Waals surface area contributed by atoms with E-state index < -0.39 is 5.60 Å². The van der Waals surface area contributed by atoms with Crippen molar-refractivity contribution in [3.8, 4) is 0 Å². The van der Waals surface area contributed by atoms with E-state index >= 15 is 0 Å². The summed E-state index contributed by atoms with van der Waals surface area (Å²) in [5.41, 5.74) is 4.70. The maximum atomic E-state index is 11.5. The SMILES string of the molecule is Cc1ccccc1C(c1ccccc1C)C1C2CCC1CC(O)(c1ncccn1)C2. The topological polar surface area (TPSA) is 46.0 Å². The van der Waals surface area contributed by atoms with Gasteiger partial charge in [0, 0.05) is 18.3 Å². The Bertz CT molecular complexity index is 972. The molecule has 2 aromatic carbocycles. The van der Waals surface area contributed by atoms with Crippen molar-refractivity contribution in [3.05, 3.63) is 95.1 Å². The number of hydrogen-bond donors (Lipinski definition) is 1. The molecule has 3 aromatic rings. The highest BCUT2D eigenvalue weighted by Gasteiger charge is 2.53. The second-order valence-electron chi connectivity index (χ2n) is 9.38. The number of aliphatic hydroxyl groups is 1. The Hall–Kier alpha value is -2.52. The quantitative estimate of drug-likeness (QED) is 0.627. The lowest BCUT2D eigenvalue weighted by atomic mass is 9.62. The number of benzene rings is 2. The maximum Gasteiger partial charge on any atom is 0.159 e. The van der Waals surface area contributed by atoms with Crippen molar-refractivity contribution >= 4 is 0 Å². The Balaban J connectivity index is 1.57. The molecule has 0 radical (unpaired) electrons. The highest BCUT2D eigenvalue weighted by Crippen LogP contribution is 2.59. The first kappa shape index (κ1) is 19.4. The molecule has 30 heavy (non-hydrogen) atoms. The van der Waals surface area contributed by atoms with Crippen LogP contribution in [-0.2, 0) is 5.60 Å². The van der Waals surface area contributed by atoms with E-state index in [1.165, 1.54) is 35.1 Å². The molecule has 2 aliphatic rings. The van der Waals surface area contributed by atoms with Crippen molar-refractivity contribution in [2.24, 2.45) is 17.8 Å². The summed E-state index contributed by atoms with van der Waals surface area (Å²) in [6.07, 6.45) is 7.37. The van der Waals surface area contributed by atoms with Crippen LogP contribution in [0.3, 0.4) is 0 Å². The normalized spacial score (nSPS) is 28.1. The van der Waals surface area contributed by atoms with Gasteiger partial charge in [-0.15, -0.1) is 0 Å². The monoisotopic (exact) mass is 398 g/mol. The van der Waals surface area contributed by atoms with Crippen LogP contribution in [0, 0.1) is 31.6 Å². The Labute approximate surface area is 179 Å². The van der Waals surface area contributed by atoms with E-state index in [2.05, 4.69) is 72.3 Å². The van der Waals surface area contributed by atoms with Gasteiger partial charge in [-0.2, -0.15) is 0 Å². The van der Waals surface area contributed by atoms with Crippen molar-refractivity contribution in [3.63, 3.8) is 0 Å². The first-order valence-electron chi connectivity index (χ1n) is 11.2. The van der Waals surface area contributed by atoms with Crippen molar-refractivity contribution in [2.75, 3.05) is 0 Å². The summed E-state index contributed by atoms with van der Waals surface area (Å²) >= 11 is 0. The number of fused-ring (bicyclic) bond motifs is 2. The fourth-order valence-corrected chi connectivity index (χ4v) is 6.35. The predicted molar refractivity (Wildman–Crippen MR) is 119 cm³/mol. The minimum Gasteiger partial charge on any atom is -0.382 e. The van der Waals surface area contributed by atoms with E-state index in [4.69, 9.17) is 0 Å². The Morgan fingerprint density at radius 2 is 1.30 bits per heavy atom. The van der Waals surface area contributed by atoms with Gasteiger partial charge >= 0.3 is 0 Å². The molecule has 1 N–H and O–H groups in total. The van der Waals surface area contributed by atoms with Crippen LogP contribution in [0.1, 0.15) is 59.7 Å². The lowest BCUT2D eigenvalue weighted by Gasteiger charge is -2.44. The van der Waals surface area contributed by atoms with Gasteiger partial charge in [0.15, 0.2) is 5.82 Å². The first-order chi connectivity index (χ1) is 14.6. The summed E-state index contributed by atoms with van der Waals surface area (Å²) in [7, 11) is 0. The molecular formula is C27H30N2O. The molecule has 2 unspecified atom stereocenters. The van der Waals surface area contributed by atoms with Gasteiger partial charge in [-0.05, 0) is 85.6 Å². The second-order valence-corrected chi connectivity index (χ2v) is 9.38. The van der Waals surface area contributed by atoms with E-state index in [-0.39, 0.29) is 0 Å². The van der Waals surface area contributed by atoms with Crippen LogP contribution < -0.4 is 0 Å². The van der Waals surface area contributed by atoms with E-state index in [1.807, 2.05) is 6.07 Å². The van der Waals surface area contributed by atoms with Crippen molar-refractivity contribution in [1.29, 1.82) is 0 Å². The summed E-state index contributed by atoms with van der Waals surface area (Å²) in [5.74, 6) is 2.45.